The maximum atomic E-state index is 12.5. The number of benzene rings is 2. The number of aliphatic hydroxyl groups excluding tert-OH is 1. The summed E-state index contributed by atoms with van der Waals surface area (Å²) in [6, 6.07) is 16.6. The molecule has 8 heteroatoms. The minimum absolute atomic E-state index is 0.0458. The highest BCUT2D eigenvalue weighted by molar-refractivity contribution is 5.78. The number of aromatic nitrogens is 1. The van der Waals surface area contributed by atoms with E-state index >= 15 is 0 Å². The molecule has 0 bridgehead atoms. The molecule has 0 radical (unpaired) electrons. The fourth-order valence-electron chi connectivity index (χ4n) is 4.00. The van der Waals surface area contributed by atoms with E-state index in [9.17, 15) is 15.0 Å². The molecular formula is C28H36N4O4. The summed E-state index contributed by atoms with van der Waals surface area (Å²) < 4.78 is 5.13. The lowest BCUT2D eigenvalue weighted by atomic mass is 9.93. The van der Waals surface area contributed by atoms with Crippen LogP contribution in [0.2, 0.25) is 0 Å². The van der Waals surface area contributed by atoms with Crippen LogP contribution in [0, 0.1) is 0 Å². The molecule has 3 rings (SSSR count). The minimum Gasteiger partial charge on any atom is -0.504 e. The third-order valence-electron chi connectivity index (χ3n) is 5.95. The topological polar surface area (TPSA) is 130 Å². The SMILES string of the molecule is COc1cc(CCNC(=O)Cc2cccc(CC(C)(C)NC[C@H](O)c3ccc(N)nc3)c2)ccc1O. The number of nitrogens with one attached hydrogen (secondary N) is 2. The van der Waals surface area contributed by atoms with E-state index < -0.39 is 6.10 Å². The number of amides is 1. The molecule has 0 aliphatic carbocycles. The fraction of sp³-hybridized carbons (Fsp3) is 0.357. The summed E-state index contributed by atoms with van der Waals surface area (Å²) in [4.78, 5) is 16.5. The molecule has 1 atom stereocenters. The van der Waals surface area contributed by atoms with Crippen LogP contribution in [0.5, 0.6) is 11.5 Å². The van der Waals surface area contributed by atoms with E-state index in [2.05, 4.69) is 29.5 Å². The van der Waals surface area contributed by atoms with Crippen molar-refractivity contribution >= 4 is 11.7 Å². The largest absolute Gasteiger partial charge is 0.504 e. The molecule has 6 N–H and O–H groups in total. The number of phenolic OH excluding ortho intramolecular Hbond substituents is 1. The van der Waals surface area contributed by atoms with Gasteiger partial charge >= 0.3 is 0 Å². The van der Waals surface area contributed by atoms with Crippen LogP contribution in [0.15, 0.2) is 60.8 Å². The summed E-state index contributed by atoms with van der Waals surface area (Å²) in [7, 11) is 1.51. The number of aromatic hydroxyl groups is 1. The van der Waals surface area contributed by atoms with Crippen LogP contribution in [-0.2, 0) is 24.1 Å². The number of nitrogen functional groups attached to an aromatic ring is 1. The zero-order valence-corrected chi connectivity index (χ0v) is 21.1. The highest BCUT2D eigenvalue weighted by atomic mass is 16.5. The average Bonchev–Trinajstić information content (AvgIpc) is 2.84. The van der Waals surface area contributed by atoms with Gasteiger partial charge in [0.05, 0.1) is 19.6 Å². The van der Waals surface area contributed by atoms with Crippen molar-refractivity contribution in [2.24, 2.45) is 0 Å². The van der Waals surface area contributed by atoms with Crippen LogP contribution in [0.3, 0.4) is 0 Å². The van der Waals surface area contributed by atoms with Gasteiger partial charge in [0, 0.05) is 30.4 Å². The summed E-state index contributed by atoms with van der Waals surface area (Å²) in [5.74, 6) is 0.893. The van der Waals surface area contributed by atoms with Crippen LogP contribution in [0.25, 0.3) is 0 Å². The summed E-state index contributed by atoms with van der Waals surface area (Å²) in [5.41, 5.74) is 9.08. The second kappa shape index (κ2) is 12.4. The highest BCUT2D eigenvalue weighted by Gasteiger charge is 2.20. The number of nitrogens with zero attached hydrogens (tertiary/aromatic N) is 1. The van der Waals surface area contributed by atoms with Crippen LogP contribution < -0.4 is 21.1 Å². The number of carbonyl (C=O) groups is 1. The standard InChI is InChI=1S/C28H36N4O4/c1-28(2,32-18-24(34)22-8-10-26(29)31-17-22)16-21-6-4-5-20(13-21)15-27(35)30-12-11-19-7-9-23(33)25(14-19)36-3/h4-10,13-14,17,24,32-34H,11-12,15-16,18H2,1-3H3,(H2,29,31)(H,30,35)/t24-/m0/s1. The lowest BCUT2D eigenvalue weighted by Crippen LogP contribution is -2.43. The molecule has 0 spiro atoms. The highest BCUT2D eigenvalue weighted by Crippen LogP contribution is 2.26. The monoisotopic (exact) mass is 492 g/mol. The summed E-state index contributed by atoms with van der Waals surface area (Å²) >= 11 is 0. The Balaban J connectivity index is 1.47. The Hall–Kier alpha value is -3.62. The molecule has 0 fully saturated rings. The van der Waals surface area contributed by atoms with E-state index in [1.165, 1.54) is 7.11 Å². The maximum Gasteiger partial charge on any atom is 0.224 e. The summed E-state index contributed by atoms with van der Waals surface area (Å²) in [6.45, 7) is 5.04. The van der Waals surface area contributed by atoms with Gasteiger partial charge in [0.2, 0.25) is 5.91 Å². The number of carbonyl (C=O) groups excluding carboxylic acids is 1. The van der Waals surface area contributed by atoms with Crippen molar-refractivity contribution in [1.29, 1.82) is 0 Å². The van der Waals surface area contributed by atoms with E-state index in [-0.39, 0.29) is 17.2 Å². The second-order valence-corrected chi connectivity index (χ2v) is 9.58. The predicted molar refractivity (Wildman–Crippen MR) is 141 cm³/mol. The smallest absolute Gasteiger partial charge is 0.224 e. The molecule has 1 amide bonds. The minimum atomic E-state index is -0.685. The molecule has 3 aromatic rings. The Morgan fingerprint density at radius 2 is 1.89 bits per heavy atom. The van der Waals surface area contributed by atoms with Crippen LogP contribution >= 0.6 is 0 Å². The van der Waals surface area contributed by atoms with Crippen molar-refractivity contribution in [3.8, 4) is 11.5 Å². The average molecular weight is 493 g/mol. The van der Waals surface area contributed by atoms with Gasteiger partial charge in [-0.05, 0) is 61.6 Å². The molecule has 1 heterocycles. The molecular weight excluding hydrogens is 456 g/mol. The lowest BCUT2D eigenvalue weighted by Gasteiger charge is -2.28. The first-order valence-corrected chi connectivity index (χ1v) is 12.0. The van der Waals surface area contributed by atoms with Gasteiger partial charge < -0.3 is 31.3 Å². The molecule has 1 aromatic heterocycles. The maximum absolute atomic E-state index is 12.5. The number of methoxy groups -OCH3 is 1. The van der Waals surface area contributed by atoms with Crippen LogP contribution in [0.4, 0.5) is 5.82 Å². The van der Waals surface area contributed by atoms with Gasteiger partial charge in [-0.3, -0.25) is 4.79 Å². The normalized spacial score (nSPS) is 12.2. The number of hydrogen-bond donors (Lipinski definition) is 5. The van der Waals surface area contributed by atoms with E-state index in [0.29, 0.717) is 43.1 Å². The zero-order valence-electron chi connectivity index (χ0n) is 21.1. The molecule has 0 aliphatic rings. The number of β-amino-alcohol motifs (C(OH)–C–C–N with tert-alkyl or cyclic N) is 1. The lowest BCUT2D eigenvalue weighted by molar-refractivity contribution is -0.120. The van der Waals surface area contributed by atoms with E-state index in [1.807, 2.05) is 30.3 Å². The van der Waals surface area contributed by atoms with Gasteiger partial charge in [0.1, 0.15) is 5.82 Å². The molecule has 192 valence electrons. The Kier molecular flexibility index (Phi) is 9.27. The van der Waals surface area contributed by atoms with Crippen molar-refractivity contribution in [1.82, 2.24) is 15.6 Å². The molecule has 0 saturated heterocycles. The predicted octanol–water partition coefficient (Wildman–Crippen LogP) is 2.92. The van der Waals surface area contributed by atoms with Crippen molar-refractivity contribution in [2.45, 2.75) is 44.8 Å². The molecule has 2 aromatic carbocycles. The summed E-state index contributed by atoms with van der Waals surface area (Å²) in [5, 5.41) is 26.5. The van der Waals surface area contributed by atoms with E-state index in [4.69, 9.17) is 10.5 Å². The number of ether oxygens (including phenoxy) is 1. The van der Waals surface area contributed by atoms with Crippen molar-refractivity contribution in [2.75, 3.05) is 25.9 Å². The number of hydrogen-bond acceptors (Lipinski definition) is 7. The number of nitrogens with two attached hydrogens (primary N) is 1. The Bertz CT molecular complexity index is 1150. The van der Waals surface area contributed by atoms with E-state index in [0.717, 1.165) is 23.1 Å². The first-order valence-electron chi connectivity index (χ1n) is 12.0. The summed E-state index contributed by atoms with van der Waals surface area (Å²) in [6.07, 6.45) is 2.57. The molecule has 0 aliphatic heterocycles. The van der Waals surface area contributed by atoms with Gasteiger partial charge in [-0.15, -0.1) is 0 Å². The Morgan fingerprint density at radius 1 is 1.11 bits per heavy atom. The second-order valence-electron chi connectivity index (χ2n) is 9.58. The third kappa shape index (κ3) is 8.25. The quantitative estimate of drug-likeness (QED) is 0.263. The third-order valence-corrected chi connectivity index (χ3v) is 5.95. The molecule has 36 heavy (non-hydrogen) atoms. The van der Waals surface area contributed by atoms with E-state index in [1.54, 1.807) is 30.5 Å². The first kappa shape index (κ1) is 27.0. The van der Waals surface area contributed by atoms with Gasteiger partial charge in [0.25, 0.3) is 0 Å². The van der Waals surface area contributed by atoms with Gasteiger partial charge in [0.15, 0.2) is 11.5 Å². The Morgan fingerprint density at radius 3 is 2.61 bits per heavy atom. The fourth-order valence-corrected chi connectivity index (χ4v) is 4.00. The number of aliphatic hydroxyl groups is 1. The van der Waals surface area contributed by atoms with Crippen LogP contribution in [-0.4, -0.2) is 46.8 Å². The number of pyridine rings is 1. The van der Waals surface area contributed by atoms with Crippen molar-refractivity contribution < 1.29 is 19.7 Å². The van der Waals surface area contributed by atoms with Gasteiger partial charge in [-0.1, -0.05) is 36.4 Å². The Labute approximate surface area is 212 Å². The van der Waals surface area contributed by atoms with Crippen LogP contribution in [0.1, 0.15) is 42.2 Å². The number of anilines is 1. The molecule has 0 saturated carbocycles. The first-order chi connectivity index (χ1) is 17.1. The number of phenols is 1. The van der Waals surface area contributed by atoms with Gasteiger partial charge in [-0.25, -0.2) is 4.98 Å². The molecule has 0 unspecified atom stereocenters. The van der Waals surface area contributed by atoms with Gasteiger partial charge in [-0.2, -0.15) is 0 Å². The zero-order chi connectivity index (χ0) is 26.1. The van der Waals surface area contributed by atoms with Crippen molar-refractivity contribution in [3.63, 3.8) is 0 Å². The molecule has 8 nitrogen and oxygen atoms in total. The number of rotatable bonds is 12. The van der Waals surface area contributed by atoms with Crippen molar-refractivity contribution in [3.05, 3.63) is 83.0 Å².